The molecule has 0 saturated carbocycles. The maximum atomic E-state index is 12.6. The minimum Gasteiger partial charge on any atom is -0.342 e. The number of rotatable bonds is 3. The highest BCUT2D eigenvalue weighted by Gasteiger charge is 2.39. The molecule has 0 aliphatic carbocycles. The van der Waals surface area contributed by atoms with Gasteiger partial charge in [-0.25, -0.2) is 13.4 Å². The Balaban J connectivity index is 1.54. The SMILES string of the molecule is O=S(=O)(c1cccc(Cl)c1)N1CC(c2nc3ccccc3[nH]2)C1. The molecule has 0 bridgehead atoms. The zero-order chi connectivity index (χ0) is 16.0. The lowest BCUT2D eigenvalue weighted by Crippen LogP contribution is -2.48. The van der Waals surface area contributed by atoms with E-state index in [-0.39, 0.29) is 10.8 Å². The van der Waals surface area contributed by atoms with Crippen LogP contribution in [0, 0.1) is 0 Å². The molecule has 0 atom stereocenters. The van der Waals surface area contributed by atoms with Crippen LogP contribution in [-0.2, 0) is 10.0 Å². The highest BCUT2D eigenvalue weighted by atomic mass is 35.5. The van der Waals surface area contributed by atoms with Crippen molar-refractivity contribution < 1.29 is 8.42 Å². The summed E-state index contributed by atoms with van der Waals surface area (Å²) >= 11 is 5.89. The predicted molar refractivity (Wildman–Crippen MR) is 89.0 cm³/mol. The molecular formula is C16H14ClN3O2S. The summed E-state index contributed by atoms with van der Waals surface area (Å²) in [6, 6.07) is 14.1. The summed E-state index contributed by atoms with van der Waals surface area (Å²) in [5.74, 6) is 0.931. The molecule has 0 spiro atoms. The third-order valence-electron chi connectivity index (χ3n) is 4.08. The van der Waals surface area contributed by atoms with Gasteiger partial charge in [0.25, 0.3) is 0 Å². The normalized spacial score (nSPS) is 16.6. The van der Waals surface area contributed by atoms with Crippen molar-refractivity contribution in [2.45, 2.75) is 10.8 Å². The van der Waals surface area contributed by atoms with Crippen molar-refractivity contribution in [3.63, 3.8) is 0 Å². The molecule has 5 nitrogen and oxygen atoms in total. The number of imidazole rings is 1. The van der Waals surface area contributed by atoms with Crippen molar-refractivity contribution in [2.24, 2.45) is 0 Å². The Bertz CT molecular complexity index is 945. The minimum atomic E-state index is -3.49. The first-order valence-corrected chi connectivity index (χ1v) is 9.06. The van der Waals surface area contributed by atoms with Crippen molar-refractivity contribution in [3.05, 3.63) is 59.4 Å². The van der Waals surface area contributed by atoms with Crippen molar-refractivity contribution >= 4 is 32.7 Å². The number of nitrogens with one attached hydrogen (secondary N) is 1. The highest BCUT2D eigenvalue weighted by Crippen LogP contribution is 2.32. The van der Waals surface area contributed by atoms with Gasteiger partial charge in [-0.3, -0.25) is 0 Å². The molecule has 1 fully saturated rings. The molecule has 1 aliphatic rings. The van der Waals surface area contributed by atoms with Gasteiger partial charge in [-0.2, -0.15) is 4.31 Å². The van der Waals surface area contributed by atoms with Crippen LogP contribution in [-0.4, -0.2) is 35.8 Å². The number of hydrogen-bond acceptors (Lipinski definition) is 3. The van der Waals surface area contributed by atoms with E-state index in [0.717, 1.165) is 16.9 Å². The predicted octanol–water partition coefficient (Wildman–Crippen LogP) is 3.00. The second-order valence-electron chi connectivity index (χ2n) is 5.62. The molecular weight excluding hydrogens is 334 g/mol. The number of halogens is 1. The minimum absolute atomic E-state index is 0.0939. The summed E-state index contributed by atoms with van der Waals surface area (Å²) in [5, 5.41) is 0.417. The van der Waals surface area contributed by atoms with Crippen LogP contribution in [0.4, 0.5) is 0 Å². The third-order valence-corrected chi connectivity index (χ3v) is 6.14. The molecule has 2 heterocycles. The zero-order valence-corrected chi connectivity index (χ0v) is 13.7. The van der Waals surface area contributed by atoms with E-state index in [2.05, 4.69) is 9.97 Å². The third kappa shape index (κ3) is 2.52. The van der Waals surface area contributed by atoms with Crippen LogP contribution >= 0.6 is 11.6 Å². The fraction of sp³-hybridized carbons (Fsp3) is 0.188. The topological polar surface area (TPSA) is 66.1 Å². The summed E-state index contributed by atoms with van der Waals surface area (Å²) in [5.41, 5.74) is 1.87. The molecule has 0 amide bonds. The van der Waals surface area contributed by atoms with E-state index in [4.69, 9.17) is 11.6 Å². The average molecular weight is 348 g/mol. The standard InChI is InChI=1S/C16H14ClN3O2S/c17-12-4-3-5-13(8-12)23(21,22)20-9-11(10-20)16-18-14-6-1-2-7-15(14)19-16/h1-8,11H,9-10H2,(H,18,19). The van der Waals surface area contributed by atoms with Gasteiger partial charge in [-0.15, -0.1) is 0 Å². The molecule has 0 unspecified atom stereocenters. The Labute approximate surface area is 139 Å². The largest absolute Gasteiger partial charge is 0.342 e. The maximum absolute atomic E-state index is 12.6. The molecule has 3 aromatic rings. The van der Waals surface area contributed by atoms with Crippen LogP contribution < -0.4 is 0 Å². The van der Waals surface area contributed by atoms with Crippen molar-refractivity contribution in [3.8, 4) is 0 Å². The van der Waals surface area contributed by atoms with Crippen molar-refractivity contribution in [1.82, 2.24) is 14.3 Å². The fourth-order valence-electron chi connectivity index (χ4n) is 2.75. The highest BCUT2D eigenvalue weighted by molar-refractivity contribution is 7.89. The van der Waals surface area contributed by atoms with Crippen LogP contribution in [0.1, 0.15) is 11.7 Å². The van der Waals surface area contributed by atoms with E-state index < -0.39 is 10.0 Å². The molecule has 1 aromatic heterocycles. The van der Waals surface area contributed by atoms with Gasteiger partial charge in [0.1, 0.15) is 5.82 Å². The van der Waals surface area contributed by atoms with Crippen LogP contribution in [0.25, 0.3) is 11.0 Å². The number of benzene rings is 2. The number of hydrogen-bond donors (Lipinski definition) is 1. The summed E-state index contributed by atoms with van der Waals surface area (Å²) in [6.45, 7) is 0.851. The number of nitrogens with zero attached hydrogens (tertiary/aromatic N) is 2. The Morgan fingerprint density at radius 3 is 2.65 bits per heavy atom. The van der Waals surface area contributed by atoms with E-state index in [1.54, 1.807) is 18.2 Å². The lowest BCUT2D eigenvalue weighted by Gasteiger charge is -2.36. The Morgan fingerprint density at radius 1 is 1.13 bits per heavy atom. The molecule has 23 heavy (non-hydrogen) atoms. The second kappa shape index (κ2) is 5.33. The van der Waals surface area contributed by atoms with Crippen LogP contribution in [0.2, 0.25) is 5.02 Å². The molecule has 1 N–H and O–H groups in total. The molecule has 118 valence electrons. The number of para-hydroxylation sites is 2. The molecule has 1 saturated heterocycles. The van der Waals surface area contributed by atoms with Gasteiger partial charge in [-0.1, -0.05) is 29.8 Å². The summed E-state index contributed by atoms with van der Waals surface area (Å²) in [4.78, 5) is 8.03. The van der Waals surface area contributed by atoms with E-state index >= 15 is 0 Å². The number of aromatic amines is 1. The lowest BCUT2D eigenvalue weighted by atomic mass is 10.0. The van der Waals surface area contributed by atoms with Crippen LogP contribution in [0.5, 0.6) is 0 Å². The Morgan fingerprint density at radius 2 is 1.91 bits per heavy atom. The summed E-state index contributed by atoms with van der Waals surface area (Å²) < 4.78 is 26.6. The van der Waals surface area contributed by atoms with Crippen molar-refractivity contribution in [2.75, 3.05) is 13.1 Å². The summed E-state index contributed by atoms with van der Waals surface area (Å²) in [6.07, 6.45) is 0. The lowest BCUT2D eigenvalue weighted by molar-refractivity contribution is 0.257. The van der Waals surface area contributed by atoms with E-state index in [9.17, 15) is 8.42 Å². The number of H-pyrrole nitrogens is 1. The summed E-state index contributed by atoms with van der Waals surface area (Å²) in [7, 11) is -3.49. The number of fused-ring (bicyclic) bond motifs is 1. The van der Waals surface area contributed by atoms with E-state index in [1.165, 1.54) is 10.4 Å². The van der Waals surface area contributed by atoms with Crippen LogP contribution in [0.3, 0.4) is 0 Å². The molecule has 2 aromatic carbocycles. The van der Waals surface area contributed by atoms with E-state index in [0.29, 0.717) is 18.1 Å². The Hall–Kier alpha value is -1.89. The maximum Gasteiger partial charge on any atom is 0.243 e. The van der Waals surface area contributed by atoms with Gasteiger partial charge in [0, 0.05) is 24.0 Å². The van der Waals surface area contributed by atoms with E-state index in [1.807, 2.05) is 24.3 Å². The fourth-order valence-corrected chi connectivity index (χ4v) is 4.58. The first-order chi connectivity index (χ1) is 11.0. The average Bonchev–Trinajstić information content (AvgIpc) is 2.88. The molecule has 1 aliphatic heterocycles. The number of aromatic nitrogens is 2. The monoisotopic (exact) mass is 347 g/mol. The molecule has 7 heteroatoms. The van der Waals surface area contributed by atoms with Gasteiger partial charge in [0.15, 0.2) is 0 Å². The second-order valence-corrected chi connectivity index (χ2v) is 7.99. The first-order valence-electron chi connectivity index (χ1n) is 7.24. The molecule has 4 rings (SSSR count). The first kappa shape index (κ1) is 14.7. The van der Waals surface area contributed by atoms with Crippen molar-refractivity contribution in [1.29, 1.82) is 0 Å². The van der Waals surface area contributed by atoms with Gasteiger partial charge < -0.3 is 4.98 Å². The smallest absolute Gasteiger partial charge is 0.243 e. The quantitative estimate of drug-likeness (QED) is 0.792. The van der Waals surface area contributed by atoms with Crippen LogP contribution in [0.15, 0.2) is 53.4 Å². The molecule has 0 radical (unpaired) electrons. The number of sulfonamides is 1. The van der Waals surface area contributed by atoms with Gasteiger partial charge in [0.2, 0.25) is 10.0 Å². The van der Waals surface area contributed by atoms with Gasteiger partial charge in [0.05, 0.1) is 15.9 Å². The van der Waals surface area contributed by atoms with Gasteiger partial charge in [-0.05, 0) is 30.3 Å². The zero-order valence-electron chi connectivity index (χ0n) is 12.1. The van der Waals surface area contributed by atoms with Gasteiger partial charge >= 0.3 is 0 Å². The Kier molecular flexibility index (Phi) is 3.41.